The van der Waals surface area contributed by atoms with E-state index in [0.29, 0.717) is 36.2 Å². The Morgan fingerprint density at radius 3 is 0.697 bits per heavy atom. The second-order valence-electron chi connectivity index (χ2n) is 38.4. The molecule has 0 radical (unpaired) electrons. The predicted molar refractivity (Wildman–Crippen MR) is 569 cm³/mol. The highest BCUT2D eigenvalue weighted by Crippen LogP contribution is 2.42. The predicted octanol–water partition coefficient (Wildman–Crippen LogP) is 20.8. The summed E-state index contributed by atoms with van der Waals surface area (Å²) in [6.07, 6.45) is 18.8. The van der Waals surface area contributed by atoms with Gasteiger partial charge in [0.05, 0.1) is 61.2 Å². The zero-order chi connectivity index (χ0) is 99.5. The minimum atomic E-state index is -0.0968. The number of piperazine rings is 4. The molecule has 4 aliphatic carbocycles. The molecule has 142 heavy (non-hydrogen) atoms. The van der Waals surface area contributed by atoms with E-state index in [1.54, 1.807) is 39.5 Å². The number of allylic oxidation sites excluding steroid dienone is 4. The monoisotopic (exact) mass is 1940 g/mol. The second-order valence-corrected chi connectivity index (χ2v) is 39.2. The molecular weight excluding hydrogens is 1820 g/mol. The molecule has 4 fully saturated rings. The van der Waals surface area contributed by atoms with E-state index in [4.69, 9.17) is 32.7 Å². The number of nitrogens with zero attached hydrogens (tertiary/aromatic N) is 16. The molecule has 8 atom stereocenters. The molecule has 4 aliphatic heterocycles. The first-order chi connectivity index (χ1) is 68.6. The lowest BCUT2D eigenvalue weighted by molar-refractivity contribution is 0.167. The molecule has 26 nitrogen and oxygen atoms in total. The van der Waals surface area contributed by atoms with Crippen molar-refractivity contribution < 1.29 is 28.7 Å². The first-order valence-electron chi connectivity index (χ1n) is 49.2. The third-order valence-electron chi connectivity index (χ3n) is 28.3. The maximum atomic E-state index is 13.1. The number of rotatable bonds is 18. The number of nitrogens with one attached hydrogen (secondary N) is 4. The Morgan fingerprint density at radius 1 is 0.296 bits per heavy atom. The van der Waals surface area contributed by atoms with Crippen molar-refractivity contribution in [1.29, 1.82) is 0 Å². The number of amides is 8. The van der Waals surface area contributed by atoms with E-state index in [-0.39, 0.29) is 72.5 Å². The highest BCUT2D eigenvalue weighted by atomic mass is 35.5. The van der Waals surface area contributed by atoms with E-state index in [9.17, 15) is 19.2 Å². The van der Waals surface area contributed by atoms with Gasteiger partial charge in [-0.15, -0.1) is 0 Å². The average molecular weight is 1940 g/mol. The molecule has 732 valence electrons. The van der Waals surface area contributed by atoms with Gasteiger partial charge in [0.15, 0.2) is 0 Å². The van der Waals surface area contributed by atoms with Crippen LogP contribution >= 0.6 is 23.2 Å². The Hall–Kier alpha value is -14.5. The summed E-state index contributed by atoms with van der Waals surface area (Å²) in [6, 6.07) is 65.0. The van der Waals surface area contributed by atoms with Crippen LogP contribution in [-0.2, 0) is 25.7 Å². The molecule has 28 heteroatoms. The normalized spacial score (nSPS) is 18.0. The molecular formula is C114H126Cl2N20O6. The summed E-state index contributed by atoms with van der Waals surface area (Å²) in [7, 11) is 3.30. The minimum Gasteiger partial charge on any atom is -0.497 e. The third-order valence-corrected chi connectivity index (χ3v) is 28.8. The Bertz CT molecular complexity index is 6250. The number of carbonyl (C=O) groups excluding carboxylic acids is 4. The number of ether oxygens (including phenoxy) is 2. The smallest absolute Gasteiger partial charge is 0.318 e. The quantitative estimate of drug-likeness (QED) is 0.0622. The summed E-state index contributed by atoms with van der Waals surface area (Å²) in [6.45, 7) is 33.1. The molecule has 8 heterocycles. The molecule has 8 aromatic carbocycles. The molecule has 0 bridgehead atoms. The summed E-state index contributed by atoms with van der Waals surface area (Å²) < 4.78 is 10.5. The number of methoxy groups -OCH3 is 2. The second kappa shape index (κ2) is 44.5. The SMILES string of the molecule is COc1ccc([C@@H](C)NC(=O)N2CCN(c3ncnc4c3C=C(c3ccc(C)cc3)C4)C[C@H]2C)cc1.COc1ccc([C@H](C)NC(=O)N2CCN(c3ncnc4c3C=C(c3ccc(C)cc3)C4)C[C@H]2C)cc1.Cc1ccc(C2=Cc3c(ncnc3N3CCN(C(=O)N[C@@H](C)c4ccc(Cl)cc4)[C@H](C)C3)C2)cc1.Cc1ccc(C2=Cc3c(ncnc3N3CCN(C(=O)N[C@H](C)c4ccc(Cl)cc4)[C@H](C)C3)C2)cc1. The van der Waals surface area contributed by atoms with Crippen LogP contribution in [0.4, 0.5) is 42.4 Å². The van der Waals surface area contributed by atoms with Gasteiger partial charge in [-0.3, -0.25) is 0 Å². The van der Waals surface area contributed by atoms with Gasteiger partial charge in [0.1, 0.15) is 60.1 Å². The molecule has 8 amide bonds. The van der Waals surface area contributed by atoms with Crippen molar-refractivity contribution in [2.45, 2.75) is 157 Å². The van der Waals surface area contributed by atoms with Crippen LogP contribution < -0.4 is 50.3 Å². The van der Waals surface area contributed by atoms with Gasteiger partial charge in [0.25, 0.3) is 0 Å². The van der Waals surface area contributed by atoms with Gasteiger partial charge in [0.2, 0.25) is 0 Å². The first kappa shape index (κ1) is 99.1. The summed E-state index contributed by atoms with van der Waals surface area (Å²) >= 11 is 12.0. The number of benzene rings is 8. The average Bonchev–Trinajstić information content (AvgIpc) is 1.65. The highest BCUT2D eigenvalue weighted by Gasteiger charge is 2.38. The summed E-state index contributed by atoms with van der Waals surface area (Å²) in [4.78, 5) is 106. The zero-order valence-corrected chi connectivity index (χ0v) is 84.9. The number of halogens is 2. The minimum absolute atomic E-state index is 0.0417. The largest absolute Gasteiger partial charge is 0.497 e. The number of fused-ring (bicyclic) bond motifs is 4. The maximum Gasteiger partial charge on any atom is 0.318 e. The Balaban J connectivity index is 0.000000130. The molecule has 0 spiro atoms. The van der Waals surface area contributed by atoms with Gasteiger partial charge in [-0.05, 0) is 223 Å². The van der Waals surface area contributed by atoms with Gasteiger partial charge in [0, 0.05) is 161 Å². The molecule has 0 saturated carbocycles. The van der Waals surface area contributed by atoms with Gasteiger partial charge in [-0.1, -0.05) is 191 Å². The molecule has 4 N–H and O–H groups in total. The van der Waals surface area contributed by atoms with Crippen LogP contribution in [0.15, 0.2) is 219 Å². The fourth-order valence-corrected chi connectivity index (χ4v) is 20.0. The van der Waals surface area contributed by atoms with Crippen LogP contribution in [0.1, 0.15) is 191 Å². The number of urea groups is 4. The van der Waals surface area contributed by atoms with Crippen LogP contribution in [0.2, 0.25) is 10.0 Å². The number of anilines is 4. The molecule has 12 aromatic rings. The van der Waals surface area contributed by atoms with Crippen molar-refractivity contribution in [1.82, 2.24) is 80.7 Å². The van der Waals surface area contributed by atoms with E-state index in [2.05, 4.69) is 257 Å². The number of aryl methyl sites for hydroxylation is 4. The van der Waals surface area contributed by atoms with Crippen LogP contribution in [0.5, 0.6) is 11.5 Å². The van der Waals surface area contributed by atoms with Gasteiger partial charge >= 0.3 is 24.1 Å². The van der Waals surface area contributed by atoms with Gasteiger partial charge in [-0.2, -0.15) is 0 Å². The third kappa shape index (κ3) is 23.2. The number of aromatic nitrogens is 8. The number of carbonyl (C=O) groups is 4. The van der Waals surface area contributed by atoms with Crippen LogP contribution in [0.3, 0.4) is 0 Å². The van der Waals surface area contributed by atoms with E-state index < -0.39 is 0 Å². The van der Waals surface area contributed by atoms with E-state index >= 15 is 0 Å². The lowest BCUT2D eigenvalue weighted by Gasteiger charge is -2.41. The summed E-state index contributed by atoms with van der Waals surface area (Å²) in [5.41, 5.74) is 27.8. The molecule has 4 saturated heterocycles. The molecule has 8 aliphatic rings. The lowest BCUT2D eigenvalue weighted by Crippen LogP contribution is -2.57. The fourth-order valence-electron chi connectivity index (χ4n) is 19.8. The van der Waals surface area contributed by atoms with E-state index in [1.165, 1.54) is 66.8 Å². The molecule has 20 rings (SSSR count). The van der Waals surface area contributed by atoms with Crippen molar-refractivity contribution in [3.63, 3.8) is 0 Å². The summed E-state index contributed by atoms with van der Waals surface area (Å²) in [5, 5.41) is 13.9. The molecule has 4 aromatic heterocycles. The Labute approximate surface area is 843 Å². The topological polar surface area (TPSA) is 264 Å². The van der Waals surface area contributed by atoms with Gasteiger partial charge < -0.3 is 69.9 Å². The fraction of sp³-hybridized carbons (Fsp3) is 0.333. The van der Waals surface area contributed by atoms with Crippen LogP contribution in [0, 0.1) is 27.7 Å². The standard InChI is InChI=1S/2C29H33N5O2.2C28H30ClN5O/c2*1-19-5-7-23(8-6-19)24-15-26-27(16-24)30-18-31-28(26)33-13-14-34(20(2)17-33)29(35)32-21(3)22-9-11-25(36-4)12-10-22;2*1-18-4-6-22(7-5-18)23-14-25-26(15-23)30-17-31-27(25)33-12-13-34(19(2)16-33)28(35)32-20(3)21-8-10-24(29)11-9-21/h2*5-12,15,18,20-21H,13-14,16-17H2,1-4H3,(H,32,35);2*4-11,14,17,19-20H,12-13,15-16H2,1-3H3,(H,32,35)/t20-,21+;20-,21-;19-,20+;19-,20-/m1111/s1. The lowest BCUT2D eigenvalue weighted by atomic mass is 10.0. The van der Waals surface area contributed by atoms with Crippen molar-refractivity contribution >= 4 is 117 Å². The van der Waals surface area contributed by atoms with Gasteiger partial charge in [-0.25, -0.2) is 59.0 Å². The molecule has 0 unspecified atom stereocenters. The van der Waals surface area contributed by atoms with Crippen LogP contribution in [0.25, 0.3) is 46.6 Å². The van der Waals surface area contributed by atoms with Crippen molar-refractivity contribution in [2.75, 3.05) is 112 Å². The first-order valence-corrected chi connectivity index (χ1v) is 49.9. The zero-order valence-electron chi connectivity index (χ0n) is 83.4. The summed E-state index contributed by atoms with van der Waals surface area (Å²) in [5.74, 6) is 5.44. The van der Waals surface area contributed by atoms with E-state index in [0.717, 1.165) is 180 Å². The number of hydrogen-bond donors (Lipinski definition) is 4. The number of hydrogen-bond acceptors (Lipinski definition) is 18. The van der Waals surface area contributed by atoms with Crippen LogP contribution in [-0.4, -0.2) is 201 Å². The van der Waals surface area contributed by atoms with E-state index in [1.807, 2.05) is 144 Å². The maximum absolute atomic E-state index is 13.1. The Kier molecular flexibility index (Phi) is 31.1. The van der Waals surface area contributed by atoms with Crippen molar-refractivity contribution in [2.24, 2.45) is 0 Å². The van der Waals surface area contributed by atoms with Crippen molar-refractivity contribution in [3.05, 3.63) is 341 Å². The Morgan fingerprint density at radius 2 is 0.500 bits per heavy atom. The highest BCUT2D eigenvalue weighted by molar-refractivity contribution is 6.30. The van der Waals surface area contributed by atoms with Crippen molar-refractivity contribution in [3.8, 4) is 11.5 Å².